The average molecular weight is 368 g/mol. The maximum Gasteiger partial charge on any atom is 0.119 e. The van der Waals surface area contributed by atoms with Gasteiger partial charge >= 0.3 is 0 Å². The zero-order valence-corrected chi connectivity index (χ0v) is 15.9. The van der Waals surface area contributed by atoms with Crippen molar-refractivity contribution in [3.8, 4) is 5.75 Å². The van der Waals surface area contributed by atoms with Gasteiger partial charge in [0.1, 0.15) is 5.75 Å². The molecule has 0 amide bonds. The highest BCUT2D eigenvalue weighted by Gasteiger charge is 2.41. The molecule has 1 aliphatic rings. The first-order valence-corrected chi connectivity index (χ1v) is 8.14. The summed E-state index contributed by atoms with van der Waals surface area (Å²) in [5.41, 5.74) is 1.75. The Labute approximate surface area is 146 Å². The summed E-state index contributed by atoms with van der Waals surface area (Å²) < 4.78 is 5.44. The molecule has 0 N–H and O–H groups in total. The summed E-state index contributed by atoms with van der Waals surface area (Å²) in [5, 5.41) is 0. The lowest BCUT2D eigenvalue weighted by Gasteiger charge is -2.47. The number of hydrogen-bond donors (Lipinski definition) is 0. The van der Waals surface area contributed by atoms with E-state index in [4.69, 9.17) is 4.74 Å². The zero-order chi connectivity index (χ0) is 15.3. The molecule has 2 nitrogen and oxygen atoms in total. The van der Waals surface area contributed by atoms with Crippen LogP contribution in [0.4, 0.5) is 0 Å². The fourth-order valence-electron chi connectivity index (χ4n) is 3.93. The van der Waals surface area contributed by atoms with Crippen LogP contribution in [0.15, 0.2) is 36.9 Å². The molecular formula is C19H30BrNO. The van der Waals surface area contributed by atoms with Crippen LogP contribution in [0.25, 0.3) is 0 Å². The van der Waals surface area contributed by atoms with Gasteiger partial charge in [-0.1, -0.05) is 38.5 Å². The second-order valence-corrected chi connectivity index (χ2v) is 6.34. The smallest absolute Gasteiger partial charge is 0.119 e. The van der Waals surface area contributed by atoms with E-state index in [1.807, 2.05) is 12.1 Å². The second kappa shape index (κ2) is 8.73. The van der Waals surface area contributed by atoms with E-state index in [9.17, 15) is 0 Å². The quantitative estimate of drug-likeness (QED) is 0.667. The summed E-state index contributed by atoms with van der Waals surface area (Å²) in [6.07, 6.45) is 5.72. The van der Waals surface area contributed by atoms with E-state index >= 15 is 0 Å². The van der Waals surface area contributed by atoms with Gasteiger partial charge in [0.15, 0.2) is 0 Å². The third kappa shape index (κ3) is 3.94. The third-order valence-electron chi connectivity index (χ3n) is 5.08. The van der Waals surface area contributed by atoms with Crippen molar-refractivity contribution in [1.29, 1.82) is 0 Å². The number of rotatable bonds is 6. The molecule has 0 saturated carbocycles. The number of methoxy groups -OCH3 is 1. The molecule has 0 spiro atoms. The number of likely N-dealkylation sites (tertiary alicyclic amines) is 1. The van der Waals surface area contributed by atoms with Crippen molar-refractivity contribution in [2.24, 2.45) is 5.92 Å². The Balaban J connectivity index is 0.00000242. The Kier molecular flexibility index (Phi) is 7.64. The Hall–Kier alpha value is -0.800. The molecule has 1 aromatic carbocycles. The monoisotopic (exact) mass is 367 g/mol. The van der Waals surface area contributed by atoms with Gasteiger partial charge in [-0.2, -0.15) is 0 Å². The van der Waals surface area contributed by atoms with Crippen molar-refractivity contribution in [2.45, 2.75) is 38.5 Å². The van der Waals surface area contributed by atoms with Crippen molar-refractivity contribution in [3.63, 3.8) is 0 Å². The van der Waals surface area contributed by atoms with Crippen LogP contribution in [0.5, 0.6) is 5.75 Å². The van der Waals surface area contributed by atoms with Crippen molar-refractivity contribution in [1.82, 2.24) is 4.90 Å². The number of ether oxygens (including phenoxy) is 1. The Morgan fingerprint density at radius 1 is 1.45 bits per heavy atom. The van der Waals surface area contributed by atoms with Gasteiger partial charge < -0.3 is 4.74 Å². The molecule has 124 valence electrons. The number of halogens is 1. The van der Waals surface area contributed by atoms with E-state index in [2.05, 4.69) is 43.5 Å². The van der Waals surface area contributed by atoms with Crippen LogP contribution in [-0.4, -0.2) is 31.6 Å². The summed E-state index contributed by atoms with van der Waals surface area (Å²) >= 11 is 0. The summed E-state index contributed by atoms with van der Waals surface area (Å²) in [6.45, 7) is 11.9. The van der Waals surface area contributed by atoms with Gasteiger partial charge in [-0.05, 0) is 43.0 Å². The van der Waals surface area contributed by atoms with Gasteiger partial charge in [0.25, 0.3) is 0 Å². The molecule has 0 aliphatic carbocycles. The zero-order valence-electron chi connectivity index (χ0n) is 14.2. The molecule has 22 heavy (non-hydrogen) atoms. The standard InChI is InChI=1S/C19H29NO.BrH/c1-5-10-19(17-8-7-9-18(14-17)21-4)11-13-20(12-6-2)15-16(19)3;/h6-9,14,16H,2,5,10-13,15H2,1,3-4H3;1H. The molecule has 0 radical (unpaired) electrons. The third-order valence-corrected chi connectivity index (χ3v) is 5.08. The average Bonchev–Trinajstić information content (AvgIpc) is 2.50. The lowest BCUT2D eigenvalue weighted by atomic mass is 9.64. The highest BCUT2D eigenvalue weighted by molar-refractivity contribution is 8.93. The van der Waals surface area contributed by atoms with Gasteiger partial charge in [0.05, 0.1) is 7.11 Å². The highest BCUT2D eigenvalue weighted by atomic mass is 79.9. The lowest BCUT2D eigenvalue weighted by molar-refractivity contribution is 0.101. The molecule has 2 rings (SSSR count). The molecule has 1 saturated heterocycles. The minimum absolute atomic E-state index is 0. The van der Waals surface area contributed by atoms with Gasteiger partial charge in [-0.25, -0.2) is 0 Å². The van der Waals surface area contributed by atoms with Crippen LogP contribution in [0, 0.1) is 5.92 Å². The van der Waals surface area contributed by atoms with Gasteiger partial charge in [-0.15, -0.1) is 23.6 Å². The second-order valence-electron chi connectivity index (χ2n) is 6.34. The van der Waals surface area contributed by atoms with Crippen LogP contribution < -0.4 is 4.74 Å². The molecule has 2 atom stereocenters. The molecule has 3 heteroatoms. The predicted octanol–water partition coefficient (Wildman–Crippen LogP) is 4.84. The maximum atomic E-state index is 5.44. The van der Waals surface area contributed by atoms with Crippen LogP contribution in [0.1, 0.15) is 38.7 Å². The van der Waals surface area contributed by atoms with Crippen LogP contribution >= 0.6 is 17.0 Å². The van der Waals surface area contributed by atoms with E-state index in [-0.39, 0.29) is 17.0 Å². The lowest BCUT2D eigenvalue weighted by Crippen LogP contribution is -2.48. The summed E-state index contributed by atoms with van der Waals surface area (Å²) in [7, 11) is 1.75. The molecule has 2 unspecified atom stereocenters. The van der Waals surface area contributed by atoms with Gasteiger partial charge in [0, 0.05) is 18.5 Å². The van der Waals surface area contributed by atoms with Crippen molar-refractivity contribution in [2.75, 3.05) is 26.7 Å². The van der Waals surface area contributed by atoms with E-state index in [1.165, 1.54) is 24.8 Å². The van der Waals surface area contributed by atoms with E-state index in [1.54, 1.807) is 7.11 Å². The van der Waals surface area contributed by atoms with Crippen LogP contribution in [0.2, 0.25) is 0 Å². The highest BCUT2D eigenvalue weighted by Crippen LogP contribution is 2.44. The maximum absolute atomic E-state index is 5.44. The summed E-state index contributed by atoms with van der Waals surface area (Å²) in [4.78, 5) is 2.52. The topological polar surface area (TPSA) is 12.5 Å². The molecular weight excluding hydrogens is 338 g/mol. The number of nitrogens with zero attached hydrogens (tertiary/aromatic N) is 1. The fourth-order valence-corrected chi connectivity index (χ4v) is 3.93. The first-order valence-electron chi connectivity index (χ1n) is 8.14. The fraction of sp³-hybridized carbons (Fsp3) is 0.579. The molecule has 1 fully saturated rings. The first kappa shape index (κ1) is 19.2. The number of benzene rings is 1. The molecule has 0 aromatic heterocycles. The summed E-state index contributed by atoms with van der Waals surface area (Å²) in [5.74, 6) is 1.63. The minimum Gasteiger partial charge on any atom is -0.497 e. The SMILES string of the molecule is Br.C=CCN1CCC(CCC)(c2cccc(OC)c2)C(C)C1. The molecule has 1 heterocycles. The molecule has 1 aromatic rings. The van der Waals surface area contributed by atoms with Crippen molar-refractivity contribution in [3.05, 3.63) is 42.5 Å². The van der Waals surface area contributed by atoms with Crippen molar-refractivity contribution < 1.29 is 4.74 Å². The Bertz CT molecular complexity index is 476. The number of hydrogen-bond acceptors (Lipinski definition) is 2. The Morgan fingerprint density at radius 2 is 2.23 bits per heavy atom. The summed E-state index contributed by atoms with van der Waals surface area (Å²) in [6, 6.07) is 8.71. The predicted molar refractivity (Wildman–Crippen MR) is 100 cm³/mol. The normalized spacial score (nSPS) is 25.3. The largest absolute Gasteiger partial charge is 0.497 e. The van der Waals surface area contributed by atoms with Crippen LogP contribution in [0.3, 0.4) is 0 Å². The van der Waals surface area contributed by atoms with Gasteiger partial charge in [0.2, 0.25) is 0 Å². The van der Waals surface area contributed by atoms with E-state index < -0.39 is 0 Å². The van der Waals surface area contributed by atoms with E-state index in [0.29, 0.717) is 11.3 Å². The molecule has 1 aliphatic heterocycles. The van der Waals surface area contributed by atoms with E-state index in [0.717, 1.165) is 25.4 Å². The van der Waals surface area contributed by atoms with Crippen LogP contribution in [-0.2, 0) is 5.41 Å². The minimum atomic E-state index is 0. The molecule has 0 bridgehead atoms. The first-order chi connectivity index (χ1) is 10.2. The van der Waals surface area contributed by atoms with Crippen molar-refractivity contribution >= 4 is 17.0 Å². The van der Waals surface area contributed by atoms with Gasteiger partial charge in [-0.3, -0.25) is 4.90 Å². The number of piperidine rings is 1. The Morgan fingerprint density at radius 3 is 2.82 bits per heavy atom.